The third kappa shape index (κ3) is 2.68. The number of hydrogen-bond acceptors (Lipinski definition) is 3. The van der Waals surface area contributed by atoms with E-state index < -0.39 is 0 Å². The Morgan fingerprint density at radius 3 is 2.89 bits per heavy atom. The summed E-state index contributed by atoms with van der Waals surface area (Å²) < 4.78 is 0. The number of nitrogens with one attached hydrogen (secondary N) is 1. The number of rotatable bonds is 4. The van der Waals surface area contributed by atoms with Crippen molar-refractivity contribution in [2.45, 2.75) is 19.3 Å². The first-order valence-corrected chi connectivity index (χ1v) is 6.11. The van der Waals surface area contributed by atoms with Crippen LogP contribution < -0.4 is 16.0 Å². The van der Waals surface area contributed by atoms with Crippen LogP contribution >= 0.6 is 0 Å². The molecule has 0 atom stereocenters. The molecule has 0 spiro atoms. The Balaban J connectivity index is 2.13. The number of carbonyl (C=O) groups is 2. The molecule has 1 heterocycles. The minimum Gasteiger partial charge on any atom is -0.330 e. The van der Waals surface area contributed by atoms with Gasteiger partial charge in [-0.05, 0) is 31.5 Å². The summed E-state index contributed by atoms with van der Waals surface area (Å²) in [6, 6.07) is 7.33. The Kier molecular flexibility index (Phi) is 3.94. The third-order valence-corrected chi connectivity index (χ3v) is 2.92. The van der Waals surface area contributed by atoms with E-state index >= 15 is 0 Å². The molecule has 0 aromatic heterocycles. The van der Waals surface area contributed by atoms with Crippen molar-refractivity contribution in [1.82, 2.24) is 0 Å². The minimum absolute atomic E-state index is 0.0225. The molecule has 2 rings (SSSR count). The topological polar surface area (TPSA) is 75.4 Å². The van der Waals surface area contributed by atoms with Gasteiger partial charge < -0.3 is 16.0 Å². The Hall–Kier alpha value is -1.88. The fraction of sp³-hybridized carbons (Fsp3) is 0.385. The van der Waals surface area contributed by atoms with Crippen molar-refractivity contribution in [1.29, 1.82) is 0 Å². The van der Waals surface area contributed by atoms with Gasteiger partial charge in [-0.3, -0.25) is 9.59 Å². The molecule has 0 saturated heterocycles. The van der Waals surface area contributed by atoms with Gasteiger partial charge in [-0.1, -0.05) is 12.1 Å². The first kappa shape index (κ1) is 12.6. The number of nitrogens with zero attached hydrogens (tertiary/aromatic N) is 1. The summed E-state index contributed by atoms with van der Waals surface area (Å²) in [7, 11) is 0. The van der Waals surface area contributed by atoms with Crippen LogP contribution in [-0.4, -0.2) is 24.9 Å². The first-order valence-electron chi connectivity index (χ1n) is 6.11. The van der Waals surface area contributed by atoms with Crippen LogP contribution in [0, 0.1) is 0 Å². The maximum Gasteiger partial charge on any atom is 0.244 e. The van der Waals surface area contributed by atoms with Crippen molar-refractivity contribution >= 4 is 23.2 Å². The molecule has 18 heavy (non-hydrogen) atoms. The maximum atomic E-state index is 12.1. The monoisotopic (exact) mass is 247 g/mol. The summed E-state index contributed by atoms with van der Waals surface area (Å²) in [6.45, 7) is 0.683. The summed E-state index contributed by atoms with van der Waals surface area (Å²) in [6.07, 6.45) is 2.02. The van der Waals surface area contributed by atoms with E-state index in [-0.39, 0.29) is 18.4 Å². The Bertz CT molecular complexity index is 459. The van der Waals surface area contributed by atoms with Gasteiger partial charge in [-0.25, -0.2) is 0 Å². The molecule has 96 valence electrons. The molecule has 5 heteroatoms. The quantitative estimate of drug-likeness (QED) is 0.782. The van der Waals surface area contributed by atoms with Crippen LogP contribution in [0.3, 0.4) is 0 Å². The summed E-state index contributed by atoms with van der Waals surface area (Å²) >= 11 is 0. The number of unbranched alkanes of at least 4 members (excludes halogenated alkanes) is 1. The molecule has 1 aromatic carbocycles. The smallest absolute Gasteiger partial charge is 0.244 e. The van der Waals surface area contributed by atoms with Crippen LogP contribution in [0.4, 0.5) is 11.4 Å². The van der Waals surface area contributed by atoms with E-state index in [9.17, 15) is 9.59 Å². The van der Waals surface area contributed by atoms with Crippen LogP contribution in [0.5, 0.6) is 0 Å². The van der Waals surface area contributed by atoms with Crippen molar-refractivity contribution in [3.8, 4) is 0 Å². The second-order valence-corrected chi connectivity index (χ2v) is 4.29. The minimum atomic E-state index is -0.152. The highest BCUT2D eigenvalue weighted by atomic mass is 16.2. The standard InChI is InChI=1S/C13H17N3O2/c14-8-4-3-7-13(18)16-9-12(17)15-10-5-1-2-6-11(10)16/h1-2,5-6H,3-4,7-9,14H2,(H,15,17). The number of para-hydroxylation sites is 2. The lowest BCUT2D eigenvalue weighted by atomic mass is 10.1. The molecule has 1 aromatic rings. The molecule has 1 aliphatic heterocycles. The van der Waals surface area contributed by atoms with Gasteiger partial charge in [0.2, 0.25) is 11.8 Å². The molecule has 5 nitrogen and oxygen atoms in total. The van der Waals surface area contributed by atoms with Crippen molar-refractivity contribution in [2.75, 3.05) is 23.3 Å². The molecule has 0 radical (unpaired) electrons. The summed E-state index contributed by atoms with van der Waals surface area (Å²) in [4.78, 5) is 25.2. The second kappa shape index (κ2) is 5.64. The molecule has 0 fully saturated rings. The highest BCUT2D eigenvalue weighted by molar-refractivity contribution is 6.09. The molecule has 0 saturated carbocycles. The highest BCUT2D eigenvalue weighted by Crippen LogP contribution is 2.29. The van der Waals surface area contributed by atoms with E-state index in [1.54, 1.807) is 11.0 Å². The van der Waals surface area contributed by atoms with Crippen molar-refractivity contribution in [3.63, 3.8) is 0 Å². The lowest BCUT2D eigenvalue weighted by Crippen LogP contribution is -2.42. The fourth-order valence-corrected chi connectivity index (χ4v) is 2.01. The van der Waals surface area contributed by atoms with Crippen LogP contribution in [0.25, 0.3) is 0 Å². The normalized spacial score (nSPS) is 14.1. The molecular weight excluding hydrogens is 230 g/mol. The molecule has 1 aliphatic rings. The highest BCUT2D eigenvalue weighted by Gasteiger charge is 2.25. The largest absolute Gasteiger partial charge is 0.330 e. The van der Waals surface area contributed by atoms with Gasteiger partial charge in [0.15, 0.2) is 0 Å². The Morgan fingerprint density at radius 2 is 2.11 bits per heavy atom. The molecular formula is C13H17N3O2. The zero-order valence-electron chi connectivity index (χ0n) is 10.2. The van der Waals surface area contributed by atoms with Crippen molar-refractivity contribution in [3.05, 3.63) is 24.3 Å². The van der Waals surface area contributed by atoms with E-state index in [1.165, 1.54) is 0 Å². The average molecular weight is 247 g/mol. The number of benzene rings is 1. The fourth-order valence-electron chi connectivity index (χ4n) is 2.01. The number of anilines is 2. The Morgan fingerprint density at radius 1 is 1.33 bits per heavy atom. The van der Waals surface area contributed by atoms with Crippen molar-refractivity contribution < 1.29 is 9.59 Å². The van der Waals surface area contributed by atoms with Gasteiger partial charge in [0, 0.05) is 6.42 Å². The first-order chi connectivity index (χ1) is 8.72. The lowest BCUT2D eigenvalue weighted by Gasteiger charge is -2.29. The predicted octanol–water partition coefficient (Wildman–Crippen LogP) is 1.10. The zero-order valence-corrected chi connectivity index (χ0v) is 10.2. The zero-order chi connectivity index (χ0) is 13.0. The number of hydrogen-bond donors (Lipinski definition) is 2. The SMILES string of the molecule is NCCCCC(=O)N1CC(=O)Nc2ccccc21. The predicted molar refractivity (Wildman–Crippen MR) is 70.3 cm³/mol. The molecule has 0 bridgehead atoms. The van der Waals surface area contributed by atoms with E-state index in [4.69, 9.17) is 5.73 Å². The summed E-state index contributed by atoms with van der Waals surface area (Å²) in [5.74, 6) is -0.174. The third-order valence-electron chi connectivity index (χ3n) is 2.92. The van der Waals surface area contributed by atoms with Crippen LogP contribution in [-0.2, 0) is 9.59 Å². The van der Waals surface area contributed by atoms with Gasteiger partial charge >= 0.3 is 0 Å². The Labute approximate surface area is 106 Å². The number of amides is 2. The number of fused-ring (bicyclic) bond motifs is 1. The van der Waals surface area contributed by atoms with Gasteiger partial charge in [0.05, 0.1) is 11.4 Å². The van der Waals surface area contributed by atoms with Gasteiger partial charge in [0.1, 0.15) is 6.54 Å². The number of carbonyl (C=O) groups excluding carboxylic acids is 2. The molecule has 0 unspecified atom stereocenters. The lowest BCUT2D eigenvalue weighted by molar-refractivity contribution is -0.122. The van der Waals surface area contributed by atoms with Gasteiger partial charge in [-0.15, -0.1) is 0 Å². The van der Waals surface area contributed by atoms with E-state index in [1.807, 2.05) is 18.2 Å². The van der Waals surface area contributed by atoms with E-state index in [2.05, 4.69) is 5.32 Å². The van der Waals surface area contributed by atoms with E-state index in [0.717, 1.165) is 18.5 Å². The molecule has 2 amide bonds. The van der Waals surface area contributed by atoms with Crippen LogP contribution in [0.1, 0.15) is 19.3 Å². The second-order valence-electron chi connectivity index (χ2n) is 4.29. The average Bonchev–Trinajstić information content (AvgIpc) is 2.38. The molecule has 3 N–H and O–H groups in total. The van der Waals surface area contributed by atoms with E-state index in [0.29, 0.717) is 18.7 Å². The van der Waals surface area contributed by atoms with Gasteiger partial charge in [-0.2, -0.15) is 0 Å². The molecule has 0 aliphatic carbocycles. The maximum absolute atomic E-state index is 12.1. The van der Waals surface area contributed by atoms with Gasteiger partial charge in [0.25, 0.3) is 0 Å². The van der Waals surface area contributed by atoms with Crippen LogP contribution in [0.2, 0.25) is 0 Å². The van der Waals surface area contributed by atoms with Crippen LogP contribution in [0.15, 0.2) is 24.3 Å². The summed E-state index contributed by atoms with van der Waals surface area (Å²) in [5, 5.41) is 2.76. The summed E-state index contributed by atoms with van der Waals surface area (Å²) in [5.41, 5.74) is 6.87. The van der Waals surface area contributed by atoms with Crippen molar-refractivity contribution in [2.24, 2.45) is 5.73 Å². The number of nitrogens with two attached hydrogens (primary N) is 1.